The first-order valence-corrected chi connectivity index (χ1v) is 5.53. The average Bonchev–Trinajstić information content (AvgIpc) is 2.03. The van der Waals surface area contributed by atoms with Crippen molar-refractivity contribution in [2.45, 2.75) is 0 Å². The van der Waals surface area contributed by atoms with Gasteiger partial charge in [-0.05, 0) is 18.2 Å². The third-order valence-electron chi connectivity index (χ3n) is 1.28. The maximum atomic E-state index is 10.5. The predicted molar refractivity (Wildman–Crippen MR) is 50.9 cm³/mol. The molecule has 0 saturated carbocycles. The van der Waals surface area contributed by atoms with E-state index in [2.05, 4.69) is 0 Å². The molecule has 7 heteroatoms. The molecule has 0 spiro atoms. The van der Waals surface area contributed by atoms with Crippen molar-refractivity contribution in [2.24, 2.45) is 0 Å². The van der Waals surface area contributed by atoms with Gasteiger partial charge in [0, 0.05) is 0 Å². The monoisotopic (exact) mass is 238 g/mol. The van der Waals surface area contributed by atoms with Gasteiger partial charge in [-0.2, -0.15) is 16.8 Å². The lowest BCUT2D eigenvalue weighted by atomic mass is 10.2. The van der Waals surface area contributed by atoms with Crippen LogP contribution < -0.4 is 0 Å². The van der Waals surface area contributed by atoms with Gasteiger partial charge < -0.3 is 0 Å². The van der Waals surface area contributed by atoms with Crippen molar-refractivity contribution >= 4 is 41.9 Å². The minimum atomic E-state index is -2.44. The fourth-order valence-corrected chi connectivity index (χ4v) is 1.95. The minimum absolute atomic E-state index is 0.0424. The summed E-state index contributed by atoms with van der Waals surface area (Å²) in [6.45, 7) is 0. The second-order valence-electron chi connectivity index (χ2n) is 2.06. The summed E-state index contributed by atoms with van der Waals surface area (Å²) in [6.07, 6.45) is 3.38. The van der Waals surface area contributed by atoms with Crippen LogP contribution in [0.25, 0.3) is 0 Å². The minimum Gasteiger partial charge on any atom is -0.184 e. The Morgan fingerprint density at radius 3 is 2.00 bits per heavy atom. The Morgan fingerprint density at radius 2 is 1.62 bits per heavy atom. The molecule has 0 saturated heterocycles. The smallest absolute Gasteiger partial charge is 0.184 e. The molecule has 1 rings (SSSR count). The van der Waals surface area contributed by atoms with E-state index < -0.39 is 20.6 Å². The highest BCUT2D eigenvalue weighted by Gasteiger charge is 2.09. The summed E-state index contributed by atoms with van der Waals surface area (Å²) in [7, 11) is -4.84. The van der Waals surface area contributed by atoms with Gasteiger partial charge in [0.1, 0.15) is 4.86 Å². The molecule has 70 valence electrons. The van der Waals surface area contributed by atoms with Crippen molar-refractivity contribution < 1.29 is 16.8 Å². The number of rotatable bonds is 0. The quantitative estimate of drug-likeness (QED) is 0.548. The maximum Gasteiger partial charge on any atom is 0.222 e. The van der Waals surface area contributed by atoms with Crippen LogP contribution in [0.4, 0.5) is 0 Å². The average molecular weight is 239 g/mol. The van der Waals surface area contributed by atoms with Gasteiger partial charge >= 0.3 is 0 Å². The Kier molecular flexibility index (Phi) is 3.07. The van der Waals surface area contributed by atoms with Crippen molar-refractivity contribution in [3.63, 3.8) is 0 Å². The molecule has 0 atom stereocenters. The van der Waals surface area contributed by atoms with Crippen molar-refractivity contribution in [3.05, 3.63) is 23.3 Å². The van der Waals surface area contributed by atoms with E-state index in [1.165, 1.54) is 6.08 Å². The molecule has 0 bridgehead atoms. The van der Waals surface area contributed by atoms with E-state index in [-0.39, 0.29) is 14.8 Å². The van der Waals surface area contributed by atoms with Gasteiger partial charge in [-0.25, -0.2) is 0 Å². The highest BCUT2D eigenvalue weighted by Crippen LogP contribution is 2.10. The Morgan fingerprint density at radius 1 is 1.00 bits per heavy atom. The van der Waals surface area contributed by atoms with E-state index in [4.69, 9.17) is 11.6 Å². The lowest BCUT2D eigenvalue weighted by Gasteiger charge is -1.99. The van der Waals surface area contributed by atoms with Gasteiger partial charge in [0.05, 0.1) is 9.90 Å². The van der Waals surface area contributed by atoms with E-state index >= 15 is 0 Å². The fourth-order valence-electron chi connectivity index (χ4n) is 0.720. The maximum absolute atomic E-state index is 10.5. The summed E-state index contributed by atoms with van der Waals surface area (Å²) in [6, 6.07) is 0. The normalized spacial score (nSPS) is 15.6. The lowest BCUT2D eigenvalue weighted by Crippen LogP contribution is -2.05. The van der Waals surface area contributed by atoms with E-state index in [9.17, 15) is 16.8 Å². The molecule has 0 aromatic heterocycles. The molecular formula is C6H3ClO4S2. The molecular weight excluding hydrogens is 236 g/mol. The Balaban J connectivity index is 3.47. The molecule has 0 N–H and O–H groups in total. The van der Waals surface area contributed by atoms with Crippen molar-refractivity contribution in [3.8, 4) is 0 Å². The molecule has 0 radical (unpaired) electrons. The molecule has 0 aromatic carbocycles. The van der Waals surface area contributed by atoms with Crippen LogP contribution in [0.1, 0.15) is 0 Å². The molecule has 0 unspecified atom stereocenters. The van der Waals surface area contributed by atoms with Crippen molar-refractivity contribution in [2.75, 3.05) is 0 Å². The topological polar surface area (TPSA) is 68.3 Å². The first-order chi connectivity index (χ1) is 6.02. The second-order valence-corrected chi connectivity index (χ2v) is 4.32. The molecule has 13 heavy (non-hydrogen) atoms. The number of hydrogen-bond donors (Lipinski definition) is 0. The first-order valence-electron chi connectivity index (χ1n) is 3.00. The summed E-state index contributed by atoms with van der Waals surface area (Å²) in [4.78, 5) is -0.157. The summed E-state index contributed by atoms with van der Waals surface area (Å²) in [5, 5.41) is -0.102. The van der Waals surface area contributed by atoms with Crippen LogP contribution in [0.3, 0.4) is 0 Å². The molecule has 1 aliphatic carbocycles. The largest absolute Gasteiger partial charge is 0.222 e. The second kappa shape index (κ2) is 3.91. The van der Waals surface area contributed by atoms with Gasteiger partial charge in [-0.15, -0.1) is 0 Å². The van der Waals surface area contributed by atoms with Crippen LogP contribution in [-0.4, -0.2) is 26.6 Å². The Hall–Kier alpha value is -0.850. The first kappa shape index (κ1) is 10.2. The molecule has 0 aliphatic heterocycles. The summed E-state index contributed by atoms with van der Waals surface area (Å²) >= 11 is 5.50. The molecule has 0 fully saturated rings. The number of halogens is 1. The van der Waals surface area contributed by atoms with E-state index in [1.807, 2.05) is 0 Å². The van der Waals surface area contributed by atoms with Crippen LogP contribution in [0.15, 0.2) is 23.3 Å². The van der Waals surface area contributed by atoms with Crippen LogP contribution in [0, 0.1) is 0 Å². The van der Waals surface area contributed by atoms with Crippen LogP contribution in [0.5, 0.6) is 0 Å². The van der Waals surface area contributed by atoms with Crippen LogP contribution in [-0.2, 0) is 20.6 Å². The van der Waals surface area contributed by atoms with E-state index in [0.29, 0.717) is 0 Å². The molecule has 4 nitrogen and oxygen atoms in total. The van der Waals surface area contributed by atoms with Gasteiger partial charge in [0.25, 0.3) is 0 Å². The summed E-state index contributed by atoms with van der Waals surface area (Å²) in [5.74, 6) is 0. The molecule has 0 amide bonds. The van der Waals surface area contributed by atoms with Gasteiger partial charge in [0.2, 0.25) is 20.6 Å². The zero-order chi connectivity index (χ0) is 10.0. The molecule has 0 heterocycles. The summed E-state index contributed by atoms with van der Waals surface area (Å²) in [5.41, 5.74) is 0. The van der Waals surface area contributed by atoms with Gasteiger partial charge in [0.15, 0.2) is 0 Å². The standard InChI is InChI=1S/C6H3ClO4S2/c7-5-3-4(12(8)9)1-2-6(5)13(10)11/h1-3H. The van der Waals surface area contributed by atoms with Gasteiger partial charge in [-0.3, -0.25) is 0 Å². The molecule has 1 aliphatic rings. The van der Waals surface area contributed by atoms with E-state index in [0.717, 1.165) is 12.2 Å². The van der Waals surface area contributed by atoms with Crippen molar-refractivity contribution in [1.82, 2.24) is 0 Å². The van der Waals surface area contributed by atoms with E-state index in [1.54, 1.807) is 0 Å². The Bertz CT molecular complexity index is 544. The third-order valence-corrected chi connectivity index (χ3v) is 3.05. The number of allylic oxidation sites excluding steroid dienone is 4. The fraction of sp³-hybridized carbons (Fsp3) is 0. The van der Waals surface area contributed by atoms with Crippen LogP contribution in [0.2, 0.25) is 0 Å². The predicted octanol–water partition coefficient (Wildman–Crippen LogP) is -0.218. The molecule has 0 aromatic rings. The SMILES string of the molecule is O=S(=O)=C1C=CC(=S(=O)=O)C(Cl)=C1. The zero-order valence-electron chi connectivity index (χ0n) is 6.06. The van der Waals surface area contributed by atoms with Crippen LogP contribution >= 0.6 is 11.6 Å². The summed E-state index contributed by atoms with van der Waals surface area (Å²) < 4.78 is 41.8. The van der Waals surface area contributed by atoms with Crippen molar-refractivity contribution in [1.29, 1.82) is 0 Å². The highest BCUT2D eigenvalue weighted by atomic mass is 35.5. The number of hydrogen-bond acceptors (Lipinski definition) is 4. The zero-order valence-corrected chi connectivity index (χ0v) is 8.45. The lowest BCUT2D eigenvalue weighted by molar-refractivity contribution is 0.625. The highest BCUT2D eigenvalue weighted by molar-refractivity contribution is 7.75. The Labute approximate surface area is 82.2 Å². The third kappa shape index (κ3) is 2.30. The van der Waals surface area contributed by atoms with Gasteiger partial charge in [-0.1, -0.05) is 11.6 Å².